The largest absolute Gasteiger partial charge is 0.341 e. The van der Waals surface area contributed by atoms with Crippen molar-refractivity contribution < 1.29 is 24.0 Å². The van der Waals surface area contributed by atoms with Crippen LogP contribution in [0.15, 0.2) is 29.8 Å². The second-order valence-corrected chi connectivity index (χ2v) is 11.1. The van der Waals surface area contributed by atoms with Crippen LogP contribution in [0.2, 0.25) is 0 Å². The average Bonchev–Trinajstić information content (AvgIpc) is 3.35. The number of aryl methyl sites for hydroxylation is 1. The second-order valence-electron chi connectivity index (χ2n) is 11.1. The number of nitrogens with zero attached hydrogens (tertiary/aromatic N) is 1. The van der Waals surface area contributed by atoms with Crippen molar-refractivity contribution in [3.8, 4) is 0 Å². The first-order valence-electron chi connectivity index (χ1n) is 14.0. The molecule has 8 heteroatoms. The summed E-state index contributed by atoms with van der Waals surface area (Å²) in [5.74, 6) is -0.849. The molecule has 204 valence electrons. The van der Waals surface area contributed by atoms with Gasteiger partial charge >= 0.3 is 6.03 Å². The Morgan fingerprint density at radius 2 is 1.76 bits per heavy atom. The topological polar surface area (TPSA) is 113 Å². The highest BCUT2D eigenvalue weighted by molar-refractivity contribution is 6.28. The van der Waals surface area contributed by atoms with Gasteiger partial charge in [-0.25, -0.2) is 4.79 Å². The van der Waals surface area contributed by atoms with E-state index in [1.165, 1.54) is 45.6 Å². The number of allylic oxidation sites excluding steroid dienone is 1. The lowest BCUT2D eigenvalue weighted by Gasteiger charge is -2.36. The molecule has 8 nitrogen and oxygen atoms in total. The zero-order valence-electron chi connectivity index (χ0n) is 22.5. The number of rotatable bonds is 7. The molecule has 0 bridgehead atoms. The SMILES string of the molecule is CNC(=O)Nc1ccc2c(c1)CC[C@@H]2C(=O)N(CC(=O)/C=C1/C[C@H](C2CCCCC2)CC[C@@H]1C)C(=O)C=O. The number of imide groups is 1. The molecule has 0 spiro atoms. The zero-order chi connectivity index (χ0) is 27.2. The van der Waals surface area contributed by atoms with Gasteiger partial charge in [0.2, 0.25) is 12.2 Å². The smallest absolute Gasteiger partial charge is 0.318 e. The minimum atomic E-state index is -0.995. The van der Waals surface area contributed by atoms with Gasteiger partial charge in [-0.05, 0) is 79.2 Å². The van der Waals surface area contributed by atoms with E-state index in [1.54, 1.807) is 18.2 Å². The van der Waals surface area contributed by atoms with Crippen molar-refractivity contribution in [2.24, 2.45) is 17.8 Å². The molecule has 2 saturated carbocycles. The van der Waals surface area contributed by atoms with Crippen molar-refractivity contribution in [2.75, 3.05) is 18.9 Å². The summed E-state index contributed by atoms with van der Waals surface area (Å²) in [5.41, 5.74) is 3.36. The molecule has 0 unspecified atom stereocenters. The van der Waals surface area contributed by atoms with Crippen molar-refractivity contribution in [2.45, 2.75) is 77.0 Å². The molecule has 3 atom stereocenters. The molecule has 1 aromatic carbocycles. The Bertz CT molecular complexity index is 1120. The number of hydrogen-bond acceptors (Lipinski definition) is 5. The third-order valence-corrected chi connectivity index (χ3v) is 8.71. The Labute approximate surface area is 224 Å². The lowest BCUT2D eigenvalue weighted by molar-refractivity contribution is -0.150. The van der Waals surface area contributed by atoms with Crippen LogP contribution in [0.5, 0.6) is 0 Å². The fourth-order valence-electron chi connectivity index (χ4n) is 6.53. The van der Waals surface area contributed by atoms with Gasteiger partial charge in [0, 0.05) is 12.7 Å². The maximum atomic E-state index is 13.5. The lowest BCUT2D eigenvalue weighted by Crippen LogP contribution is -2.43. The van der Waals surface area contributed by atoms with E-state index in [0.717, 1.165) is 40.4 Å². The summed E-state index contributed by atoms with van der Waals surface area (Å²) in [7, 11) is 1.53. The van der Waals surface area contributed by atoms with Gasteiger partial charge in [-0.15, -0.1) is 0 Å². The minimum absolute atomic E-state index is 0.104. The maximum absolute atomic E-state index is 13.5. The summed E-state index contributed by atoms with van der Waals surface area (Å²) >= 11 is 0. The first-order valence-corrected chi connectivity index (χ1v) is 14.0. The van der Waals surface area contributed by atoms with Gasteiger partial charge in [-0.2, -0.15) is 0 Å². The monoisotopic (exact) mass is 521 g/mol. The third-order valence-electron chi connectivity index (χ3n) is 8.71. The molecule has 38 heavy (non-hydrogen) atoms. The number of benzene rings is 1. The molecule has 3 aliphatic carbocycles. The van der Waals surface area contributed by atoms with Gasteiger partial charge < -0.3 is 10.6 Å². The van der Waals surface area contributed by atoms with Gasteiger partial charge in [0.05, 0.1) is 12.5 Å². The van der Waals surface area contributed by atoms with E-state index >= 15 is 0 Å². The van der Waals surface area contributed by atoms with Gasteiger partial charge in [0.15, 0.2) is 5.78 Å². The fraction of sp³-hybridized carbons (Fsp3) is 0.567. The van der Waals surface area contributed by atoms with Crippen molar-refractivity contribution in [1.29, 1.82) is 0 Å². The van der Waals surface area contributed by atoms with E-state index in [4.69, 9.17) is 0 Å². The van der Waals surface area contributed by atoms with Gasteiger partial charge in [-0.3, -0.25) is 24.1 Å². The van der Waals surface area contributed by atoms with Gasteiger partial charge in [0.25, 0.3) is 5.91 Å². The molecule has 0 aliphatic heterocycles. The normalized spacial score (nSPS) is 24.4. The molecule has 1 aromatic rings. The van der Waals surface area contributed by atoms with Crippen LogP contribution >= 0.6 is 0 Å². The number of carbonyl (C=O) groups excluding carboxylic acids is 5. The van der Waals surface area contributed by atoms with Gasteiger partial charge in [-0.1, -0.05) is 50.7 Å². The summed E-state index contributed by atoms with van der Waals surface area (Å²) in [5, 5.41) is 5.20. The Balaban J connectivity index is 1.46. The Morgan fingerprint density at radius 1 is 1.00 bits per heavy atom. The molecule has 0 saturated heterocycles. The first kappa shape index (κ1) is 27.7. The predicted molar refractivity (Wildman–Crippen MR) is 145 cm³/mol. The summed E-state index contributed by atoms with van der Waals surface area (Å²) < 4.78 is 0. The molecule has 4 amide bonds. The van der Waals surface area contributed by atoms with Crippen molar-refractivity contribution in [1.82, 2.24) is 10.2 Å². The van der Waals surface area contributed by atoms with E-state index in [9.17, 15) is 24.0 Å². The van der Waals surface area contributed by atoms with Crippen LogP contribution in [0.1, 0.15) is 81.8 Å². The molecule has 0 radical (unpaired) electrons. The quantitative estimate of drug-likeness (QED) is 0.311. The number of nitrogens with one attached hydrogen (secondary N) is 2. The second kappa shape index (κ2) is 12.5. The molecular weight excluding hydrogens is 482 g/mol. The van der Waals surface area contributed by atoms with E-state index < -0.39 is 24.3 Å². The number of aldehydes is 1. The molecule has 3 aliphatic rings. The molecular formula is C30H39N3O5. The van der Waals surface area contributed by atoms with Crippen LogP contribution < -0.4 is 10.6 Å². The number of ketones is 1. The van der Waals surface area contributed by atoms with Crippen LogP contribution in [-0.4, -0.2) is 48.4 Å². The fourth-order valence-corrected chi connectivity index (χ4v) is 6.53. The number of carbonyl (C=O) groups is 5. The lowest BCUT2D eigenvalue weighted by atomic mass is 9.69. The van der Waals surface area contributed by atoms with Crippen LogP contribution in [-0.2, 0) is 25.6 Å². The number of fused-ring (bicyclic) bond motifs is 1. The third kappa shape index (κ3) is 6.40. The van der Waals surface area contributed by atoms with Gasteiger partial charge in [0.1, 0.15) is 0 Å². The highest BCUT2D eigenvalue weighted by atomic mass is 16.2. The Hall–Kier alpha value is -3.29. The minimum Gasteiger partial charge on any atom is -0.341 e. The Morgan fingerprint density at radius 3 is 2.47 bits per heavy atom. The van der Waals surface area contributed by atoms with Crippen LogP contribution in [0.3, 0.4) is 0 Å². The maximum Gasteiger partial charge on any atom is 0.318 e. The number of anilines is 1. The highest BCUT2D eigenvalue weighted by Gasteiger charge is 2.36. The predicted octanol–water partition coefficient (Wildman–Crippen LogP) is 4.53. The summed E-state index contributed by atoms with van der Waals surface area (Å²) in [4.78, 5) is 62.9. The molecule has 2 N–H and O–H groups in total. The van der Waals surface area contributed by atoms with Crippen molar-refractivity contribution in [3.05, 3.63) is 41.0 Å². The van der Waals surface area contributed by atoms with Crippen LogP contribution in [0.25, 0.3) is 0 Å². The Kier molecular flexibility index (Phi) is 9.13. The highest BCUT2D eigenvalue weighted by Crippen LogP contribution is 2.42. The summed E-state index contributed by atoms with van der Waals surface area (Å²) in [6, 6.07) is 4.93. The standard InChI is InChI=1S/C30H39N3O5/c1-19-8-9-21(20-6-4-3-5-7-20)14-23(19)16-25(35)17-33(28(36)18-34)29(37)27-12-10-22-15-24(11-13-26(22)27)32-30(38)31-2/h11,13,15-16,18-21,27H,3-10,12,14,17H2,1-2H3,(H2,31,32,38)/b23-16-/t19-,21+,27-/m0/s1. The first-order chi connectivity index (χ1) is 18.3. The number of amides is 4. The molecule has 0 heterocycles. The van der Waals surface area contributed by atoms with E-state index in [1.807, 2.05) is 6.07 Å². The average molecular weight is 522 g/mol. The number of hydrogen-bond donors (Lipinski definition) is 2. The van der Waals surface area contributed by atoms with Crippen molar-refractivity contribution in [3.63, 3.8) is 0 Å². The summed E-state index contributed by atoms with van der Waals surface area (Å²) in [6.45, 7) is 1.71. The molecule has 4 rings (SSSR count). The zero-order valence-corrected chi connectivity index (χ0v) is 22.5. The molecule has 2 fully saturated rings. The number of urea groups is 1. The van der Waals surface area contributed by atoms with E-state index in [-0.39, 0.29) is 18.1 Å². The van der Waals surface area contributed by atoms with Crippen LogP contribution in [0.4, 0.5) is 10.5 Å². The van der Waals surface area contributed by atoms with E-state index in [2.05, 4.69) is 17.6 Å². The molecule has 0 aromatic heterocycles. The summed E-state index contributed by atoms with van der Waals surface area (Å²) in [6.07, 6.45) is 12.4. The van der Waals surface area contributed by atoms with Crippen molar-refractivity contribution >= 4 is 35.6 Å². The van der Waals surface area contributed by atoms with E-state index in [0.29, 0.717) is 30.4 Å². The van der Waals surface area contributed by atoms with Crippen LogP contribution in [0, 0.1) is 17.8 Å².